The standard InChI is InChI=1S/C17H24ClNO/c18-16-15-7-3-1-2-6-13(15)10-14(17(16)20)9-12-5-4-8-19-11-12/h10,12,19-20H,1-9,11H2. The van der Waals surface area contributed by atoms with Gasteiger partial charge in [0.2, 0.25) is 0 Å². The van der Waals surface area contributed by atoms with Gasteiger partial charge in [-0.05, 0) is 80.6 Å². The molecule has 1 saturated heterocycles. The second kappa shape index (κ2) is 6.36. The van der Waals surface area contributed by atoms with Gasteiger partial charge in [0.1, 0.15) is 5.75 Å². The van der Waals surface area contributed by atoms with Crippen LogP contribution in [0.15, 0.2) is 6.07 Å². The molecule has 20 heavy (non-hydrogen) atoms. The molecule has 0 amide bonds. The van der Waals surface area contributed by atoms with Gasteiger partial charge in [-0.15, -0.1) is 0 Å². The summed E-state index contributed by atoms with van der Waals surface area (Å²) >= 11 is 6.44. The van der Waals surface area contributed by atoms with Crippen molar-refractivity contribution in [2.45, 2.75) is 51.4 Å². The molecule has 2 N–H and O–H groups in total. The Bertz CT molecular complexity index is 480. The zero-order valence-corrected chi connectivity index (χ0v) is 12.8. The number of halogens is 1. The van der Waals surface area contributed by atoms with E-state index in [1.54, 1.807) is 0 Å². The van der Waals surface area contributed by atoms with E-state index < -0.39 is 0 Å². The molecule has 0 spiro atoms. The molecule has 1 aliphatic heterocycles. The van der Waals surface area contributed by atoms with Crippen LogP contribution in [0.1, 0.15) is 48.8 Å². The van der Waals surface area contributed by atoms with Gasteiger partial charge in [-0.2, -0.15) is 0 Å². The number of nitrogens with one attached hydrogen (secondary N) is 1. The number of phenols is 1. The fraction of sp³-hybridized carbons (Fsp3) is 0.647. The number of aryl methyl sites for hydroxylation is 1. The molecule has 1 fully saturated rings. The quantitative estimate of drug-likeness (QED) is 0.812. The normalized spacial score (nSPS) is 23.1. The lowest BCUT2D eigenvalue weighted by Crippen LogP contribution is -2.30. The number of benzene rings is 1. The Morgan fingerprint density at radius 2 is 2.05 bits per heavy atom. The molecule has 0 aromatic heterocycles. The van der Waals surface area contributed by atoms with Gasteiger partial charge in [0.25, 0.3) is 0 Å². The van der Waals surface area contributed by atoms with Gasteiger partial charge >= 0.3 is 0 Å². The lowest BCUT2D eigenvalue weighted by Gasteiger charge is -2.24. The highest BCUT2D eigenvalue weighted by molar-refractivity contribution is 6.33. The van der Waals surface area contributed by atoms with Crippen molar-refractivity contribution < 1.29 is 5.11 Å². The van der Waals surface area contributed by atoms with E-state index in [1.807, 2.05) is 0 Å². The van der Waals surface area contributed by atoms with Gasteiger partial charge in [0.05, 0.1) is 5.02 Å². The van der Waals surface area contributed by atoms with E-state index in [1.165, 1.54) is 43.2 Å². The van der Waals surface area contributed by atoms with Crippen molar-refractivity contribution in [1.29, 1.82) is 0 Å². The third-order valence-corrected chi connectivity index (χ3v) is 5.20. The smallest absolute Gasteiger partial charge is 0.137 e. The summed E-state index contributed by atoms with van der Waals surface area (Å²) in [6, 6.07) is 2.23. The summed E-state index contributed by atoms with van der Waals surface area (Å²) in [4.78, 5) is 0. The lowest BCUT2D eigenvalue weighted by molar-refractivity contribution is 0.369. The van der Waals surface area contributed by atoms with Gasteiger partial charge in [0, 0.05) is 0 Å². The summed E-state index contributed by atoms with van der Waals surface area (Å²) in [6.07, 6.45) is 9.29. The predicted molar refractivity (Wildman–Crippen MR) is 83.7 cm³/mol. The van der Waals surface area contributed by atoms with E-state index in [9.17, 15) is 5.11 Å². The molecule has 0 saturated carbocycles. The predicted octanol–water partition coefficient (Wildman–Crippen LogP) is 3.86. The summed E-state index contributed by atoms with van der Waals surface area (Å²) < 4.78 is 0. The molecule has 3 rings (SSSR count). The average molecular weight is 294 g/mol. The Balaban J connectivity index is 1.86. The van der Waals surface area contributed by atoms with Gasteiger partial charge in [0.15, 0.2) is 0 Å². The first kappa shape index (κ1) is 14.2. The third-order valence-electron chi connectivity index (χ3n) is 4.79. The van der Waals surface area contributed by atoms with E-state index >= 15 is 0 Å². The van der Waals surface area contributed by atoms with Crippen molar-refractivity contribution in [3.8, 4) is 5.75 Å². The molecule has 0 bridgehead atoms. The Labute approximate surface area is 126 Å². The molecular formula is C17H24ClNO. The van der Waals surface area contributed by atoms with Crippen LogP contribution in [-0.2, 0) is 19.3 Å². The van der Waals surface area contributed by atoms with E-state index in [0.717, 1.165) is 37.9 Å². The van der Waals surface area contributed by atoms with Crippen molar-refractivity contribution in [3.63, 3.8) is 0 Å². The second-order valence-electron chi connectivity index (χ2n) is 6.31. The lowest BCUT2D eigenvalue weighted by atomic mass is 9.89. The van der Waals surface area contributed by atoms with Crippen LogP contribution in [-0.4, -0.2) is 18.2 Å². The highest BCUT2D eigenvalue weighted by Crippen LogP contribution is 2.38. The SMILES string of the molecule is Oc1c(CC2CCCNC2)cc2c(c1Cl)CCCCC2. The Kier molecular flexibility index (Phi) is 4.52. The molecule has 110 valence electrons. The van der Waals surface area contributed by atoms with Crippen molar-refractivity contribution in [3.05, 3.63) is 27.8 Å². The van der Waals surface area contributed by atoms with Crippen molar-refractivity contribution >= 4 is 11.6 Å². The number of hydrogen-bond acceptors (Lipinski definition) is 2. The van der Waals surface area contributed by atoms with Crippen LogP contribution in [0.5, 0.6) is 5.75 Å². The number of rotatable bonds is 2. The number of fused-ring (bicyclic) bond motifs is 1. The van der Waals surface area contributed by atoms with Crippen molar-refractivity contribution in [1.82, 2.24) is 5.32 Å². The van der Waals surface area contributed by atoms with Crippen LogP contribution >= 0.6 is 11.6 Å². The molecule has 2 nitrogen and oxygen atoms in total. The van der Waals surface area contributed by atoms with Crippen LogP contribution in [0.4, 0.5) is 0 Å². The average Bonchev–Trinajstić information content (AvgIpc) is 2.71. The van der Waals surface area contributed by atoms with Gasteiger partial charge in [-0.1, -0.05) is 24.1 Å². The zero-order chi connectivity index (χ0) is 13.9. The molecule has 1 aliphatic carbocycles. The minimum absolute atomic E-state index is 0.345. The molecule has 1 heterocycles. The van der Waals surface area contributed by atoms with Crippen LogP contribution < -0.4 is 5.32 Å². The monoisotopic (exact) mass is 293 g/mol. The summed E-state index contributed by atoms with van der Waals surface area (Å²) in [5.41, 5.74) is 3.64. The van der Waals surface area contributed by atoms with Crippen LogP contribution in [0.3, 0.4) is 0 Å². The summed E-state index contributed by atoms with van der Waals surface area (Å²) in [7, 11) is 0. The largest absolute Gasteiger partial charge is 0.506 e. The third kappa shape index (κ3) is 2.96. The fourth-order valence-electron chi connectivity index (χ4n) is 3.64. The molecule has 1 aromatic rings. The van der Waals surface area contributed by atoms with Crippen LogP contribution in [0, 0.1) is 5.92 Å². The maximum absolute atomic E-state index is 10.4. The van der Waals surface area contributed by atoms with E-state index in [2.05, 4.69) is 11.4 Å². The minimum atomic E-state index is 0.345. The Morgan fingerprint density at radius 1 is 1.20 bits per heavy atom. The van der Waals surface area contributed by atoms with Crippen LogP contribution in [0.25, 0.3) is 0 Å². The number of piperidine rings is 1. The van der Waals surface area contributed by atoms with Gasteiger partial charge < -0.3 is 10.4 Å². The molecule has 2 aliphatic rings. The molecule has 3 heteroatoms. The van der Waals surface area contributed by atoms with Gasteiger partial charge in [-0.3, -0.25) is 0 Å². The molecule has 0 radical (unpaired) electrons. The fourth-order valence-corrected chi connectivity index (χ4v) is 3.98. The second-order valence-corrected chi connectivity index (χ2v) is 6.69. The number of hydrogen-bond donors (Lipinski definition) is 2. The molecule has 1 unspecified atom stereocenters. The summed E-state index contributed by atoms with van der Waals surface area (Å²) in [5.74, 6) is 0.979. The maximum atomic E-state index is 10.4. The highest BCUT2D eigenvalue weighted by Gasteiger charge is 2.21. The number of aromatic hydroxyl groups is 1. The highest BCUT2D eigenvalue weighted by atomic mass is 35.5. The maximum Gasteiger partial charge on any atom is 0.137 e. The summed E-state index contributed by atoms with van der Waals surface area (Å²) in [5, 5.41) is 14.5. The topological polar surface area (TPSA) is 32.3 Å². The van der Waals surface area contributed by atoms with Crippen LogP contribution in [0.2, 0.25) is 5.02 Å². The molecular weight excluding hydrogens is 270 g/mol. The Hall–Kier alpha value is -0.730. The minimum Gasteiger partial charge on any atom is -0.506 e. The van der Waals surface area contributed by atoms with E-state index in [4.69, 9.17) is 11.6 Å². The first-order valence-electron chi connectivity index (χ1n) is 7.98. The van der Waals surface area contributed by atoms with E-state index in [0.29, 0.717) is 16.7 Å². The molecule has 1 atom stereocenters. The van der Waals surface area contributed by atoms with Gasteiger partial charge in [-0.25, -0.2) is 0 Å². The first-order chi connectivity index (χ1) is 9.75. The zero-order valence-electron chi connectivity index (χ0n) is 12.1. The first-order valence-corrected chi connectivity index (χ1v) is 8.36. The van der Waals surface area contributed by atoms with E-state index in [-0.39, 0.29) is 0 Å². The Morgan fingerprint density at radius 3 is 2.85 bits per heavy atom. The van der Waals surface area contributed by atoms with Crippen molar-refractivity contribution in [2.75, 3.05) is 13.1 Å². The van der Waals surface area contributed by atoms with Crippen molar-refractivity contribution in [2.24, 2.45) is 5.92 Å². The number of phenolic OH excluding ortho intramolecular Hbond substituents is 1. The summed E-state index contributed by atoms with van der Waals surface area (Å²) in [6.45, 7) is 2.20. The molecule has 1 aromatic carbocycles.